The second kappa shape index (κ2) is 12.2. The molecule has 0 unspecified atom stereocenters. The van der Waals surface area contributed by atoms with Crippen molar-refractivity contribution >= 4 is 22.8 Å². The van der Waals surface area contributed by atoms with Crippen LogP contribution >= 0.6 is 0 Å². The first-order valence-corrected chi connectivity index (χ1v) is 9.75. The van der Waals surface area contributed by atoms with Gasteiger partial charge in [-0.05, 0) is 33.1 Å². The van der Waals surface area contributed by atoms with Gasteiger partial charge in [-0.15, -0.1) is 0 Å². The van der Waals surface area contributed by atoms with E-state index in [1.165, 1.54) is 0 Å². The molecule has 0 atom stereocenters. The van der Waals surface area contributed by atoms with Gasteiger partial charge in [-0.3, -0.25) is 9.98 Å². The Balaban J connectivity index is 1.89. The smallest absolute Gasteiger partial charge is 0.102 e. The molecule has 0 saturated carbocycles. The van der Waals surface area contributed by atoms with Gasteiger partial charge in [-0.25, -0.2) is 0 Å². The first-order valence-electron chi connectivity index (χ1n) is 9.75. The maximum absolute atomic E-state index is 9.12. The molecule has 0 amide bonds. The first-order chi connectivity index (χ1) is 14.2. The van der Waals surface area contributed by atoms with Crippen LogP contribution in [-0.4, -0.2) is 46.4 Å². The average Bonchev–Trinajstić information content (AvgIpc) is 2.78. The van der Waals surface area contributed by atoms with E-state index in [1.54, 1.807) is 13.8 Å². The third-order valence-corrected chi connectivity index (χ3v) is 4.44. The molecule has 0 aromatic heterocycles. The molecule has 2 N–H and O–H groups in total. The van der Waals surface area contributed by atoms with Crippen LogP contribution in [0.2, 0.25) is 0 Å². The van der Waals surface area contributed by atoms with E-state index in [0.29, 0.717) is 35.9 Å². The second-order valence-electron chi connectivity index (χ2n) is 6.62. The van der Waals surface area contributed by atoms with Crippen LogP contribution < -0.4 is 0 Å². The monoisotopic (exact) mass is 392 g/mol. The van der Waals surface area contributed by atoms with Gasteiger partial charge >= 0.3 is 0 Å². The molecule has 2 rings (SSSR count). The van der Waals surface area contributed by atoms with Crippen LogP contribution in [0.4, 0.5) is 0 Å². The Labute approximate surface area is 172 Å². The van der Waals surface area contributed by atoms with Gasteiger partial charge in [0.25, 0.3) is 0 Å². The minimum atomic E-state index is 0.507. The summed E-state index contributed by atoms with van der Waals surface area (Å²) in [6.07, 6.45) is 2.80. The summed E-state index contributed by atoms with van der Waals surface area (Å²) >= 11 is 0. The predicted molar refractivity (Wildman–Crippen MR) is 119 cm³/mol. The number of nitrogens with zero attached hydrogens (tertiary/aromatic N) is 4. The molecule has 0 aliphatic heterocycles. The highest BCUT2D eigenvalue weighted by Crippen LogP contribution is 2.07. The minimum Gasteiger partial charge on any atom is -0.411 e. The normalized spacial score (nSPS) is 13.6. The van der Waals surface area contributed by atoms with E-state index in [9.17, 15) is 0 Å². The summed E-state index contributed by atoms with van der Waals surface area (Å²) in [7, 11) is 0. The minimum absolute atomic E-state index is 0.507. The Kier molecular flexibility index (Phi) is 9.29. The van der Waals surface area contributed by atoms with Gasteiger partial charge in [-0.1, -0.05) is 71.0 Å². The van der Waals surface area contributed by atoms with Crippen LogP contribution in [0.5, 0.6) is 0 Å². The third-order valence-electron chi connectivity index (χ3n) is 4.44. The Bertz CT molecular complexity index is 799. The second-order valence-corrected chi connectivity index (χ2v) is 6.62. The van der Waals surface area contributed by atoms with Gasteiger partial charge in [0.15, 0.2) is 0 Å². The van der Waals surface area contributed by atoms with Gasteiger partial charge < -0.3 is 10.4 Å². The van der Waals surface area contributed by atoms with Crippen LogP contribution in [-0.2, 0) is 0 Å². The predicted octanol–water partition coefficient (Wildman–Crippen LogP) is 4.84. The molecule has 0 radical (unpaired) electrons. The summed E-state index contributed by atoms with van der Waals surface area (Å²) in [6, 6.07) is 19.5. The summed E-state index contributed by atoms with van der Waals surface area (Å²) in [5.41, 5.74) is 4.33. The van der Waals surface area contributed by atoms with E-state index in [4.69, 9.17) is 10.4 Å². The standard InChI is InChI=1S/C23H28N4O2/c1-18(26-28)22(20-12-6-3-7-13-20)24-16-10-5-11-17-25-23(19(2)27-29)21-14-8-4-9-15-21/h3-4,6-9,12-15,28-29H,5,10-11,16-17H2,1-2H3/b24-22?,25-23?,26-18-,27-19+. The summed E-state index contributed by atoms with van der Waals surface area (Å²) < 4.78 is 0. The summed E-state index contributed by atoms with van der Waals surface area (Å²) in [4.78, 5) is 9.25. The Hall–Kier alpha value is -3.28. The lowest BCUT2D eigenvalue weighted by atomic mass is 10.1. The molecule has 152 valence electrons. The highest BCUT2D eigenvalue weighted by atomic mass is 16.4. The largest absolute Gasteiger partial charge is 0.411 e. The highest BCUT2D eigenvalue weighted by Gasteiger charge is 2.08. The molecule has 0 heterocycles. The molecule has 0 aliphatic rings. The van der Waals surface area contributed by atoms with Gasteiger partial charge in [0, 0.05) is 24.2 Å². The zero-order valence-electron chi connectivity index (χ0n) is 17.0. The average molecular weight is 393 g/mol. The molecular formula is C23H28N4O2. The molecule has 29 heavy (non-hydrogen) atoms. The molecule has 6 nitrogen and oxygen atoms in total. The van der Waals surface area contributed by atoms with Crippen molar-refractivity contribution in [2.75, 3.05) is 13.1 Å². The quantitative estimate of drug-likeness (QED) is 0.262. The van der Waals surface area contributed by atoms with E-state index >= 15 is 0 Å². The van der Waals surface area contributed by atoms with Crippen LogP contribution in [0.25, 0.3) is 0 Å². The number of hydrogen-bond donors (Lipinski definition) is 2. The van der Waals surface area contributed by atoms with Crippen LogP contribution in [0, 0.1) is 0 Å². The highest BCUT2D eigenvalue weighted by molar-refractivity contribution is 6.48. The maximum Gasteiger partial charge on any atom is 0.102 e. The van der Waals surface area contributed by atoms with Crippen molar-refractivity contribution in [3.63, 3.8) is 0 Å². The number of hydrogen-bond acceptors (Lipinski definition) is 6. The molecule has 2 aromatic carbocycles. The van der Waals surface area contributed by atoms with Crippen LogP contribution in [0.1, 0.15) is 44.2 Å². The summed E-state index contributed by atoms with van der Waals surface area (Å²) in [6.45, 7) is 4.81. The Morgan fingerprint density at radius 3 is 1.34 bits per heavy atom. The maximum atomic E-state index is 9.12. The van der Waals surface area contributed by atoms with E-state index in [1.807, 2.05) is 60.7 Å². The van der Waals surface area contributed by atoms with E-state index < -0.39 is 0 Å². The van der Waals surface area contributed by atoms with E-state index in [0.717, 1.165) is 30.4 Å². The number of benzene rings is 2. The van der Waals surface area contributed by atoms with Crippen molar-refractivity contribution in [3.8, 4) is 0 Å². The van der Waals surface area contributed by atoms with Crippen molar-refractivity contribution in [2.45, 2.75) is 33.1 Å². The lowest BCUT2D eigenvalue weighted by Gasteiger charge is -2.06. The fraction of sp³-hybridized carbons (Fsp3) is 0.304. The van der Waals surface area contributed by atoms with Crippen molar-refractivity contribution < 1.29 is 10.4 Å². The lowest BCUT2D eigenvalue weighted by Crippen LogP contribution is -2.13. The van der Waals surface area contributed by atoms with Crippen molar-refractivity contribution in [1.29, 1.82) is 0 Å². The SMILES string of the molecule is C/C(=N/O)C(=NCCCCCN=C(/C(C)=N/O)c1ccccc1)c1ccccc1. The van der Waals surface area contributed by atoms with E-state index in [-0.39, 0.29) is 0 Å². The third kappa shape index (κ3) is 6.99. The van der Waals surface area contributed by atoms with Gasteiger partial charge in [-0.2, -0.15) is 0 Å². The zero-order chi connectivity index (χ0) is 20.9. The molecule has 6 heteroatoms. The molecule has 2 aromatic rings. The topological polar surface area (TPSA) is 89.9 Å². The molecule has 0 spiro atoms. The van der Waals surface area contributed by atoms with E-state index in [2.05, 4.69) is 20.3 Å². The van der Waals surface area contributed by atoms with Crippen molar-refractivity contribution in [2.24, 2.45) is 20.3 Å². The molecule has 0 saturated heterocycles. The zero-order valence-corrected chi connectivity index (χ0v) is 17.0. The molecule has 0 fully saturated rings. The fourth-order valence-corrected chi connectivity index (χ4v) is 2.90. The van der Waals surface area contributed by atoms with Crippen molar-refractivity contribution in [1.82, 2.24) is 0 Å². The fourth-order valence-electron chi connectivity index (χ4n) is 2.90. The number of unbranched alkanes of at least 4 members (excludes halogenated alkanes) is 2. The number of aliphatic imine (C=N–C) groups is 2. The van der Waals surface area contributed by atoms with Crippen LogP contribution in [0.3, 0.4) is 0 Å². The molecule has 0 aliphatic carbocycles. The Morgan fingerprint density at radius 1 is 0.621 bits per heavy atom. The van der Waals surface area contributed by atoms with Crippen molar-refractivity contribution in [3.05, 3.63) is 71.8 Å². The lowest BCUT2D eigenvalue weighted by molar-refractivity contribution is 0.319. The number of rotatable bonds is 10. The van der Waals surface area contributed by atoms with Gasteiger partial charge in [0.05, 0.1) is 11.4 Å². The Morgan fingerprint density at radius 2 is 1.00 bits per heavy atom. The molecular weight excluding hydrogens is 364 g/mol. The van der Waals surface area contributed by atoms with Gasteiger partial charge in [0.1, 0.15) is 11.4 Å². The molecule has 0 bridgehead atoms. The first kappa shape index (κ1) is 22.0. The summed E-state index contributed by atoms with van der Waals surface area (Å²) in [5.74, 6) is 0. The number of oxime groups is 2. The van der Waals surface area contributed by atoms with Crippen LogP contribution in [0.15, 0.2) is 81.0 Å². The summed E-state index contributed by atoms with van der Waals surface area (Å²) in [5, 5.41) is 24.8. The van der Waals surface area contributed by atoms with Gasteiger partial charge in [0.2, 0.25) is 0 Å².